The second kappa shape index (κ2) is 40.6. The number of nitrogens with two attached hydrogens (primary N) is 2. The smallest absolute Gasteiger partial charge is 0.852 e. The molecule has 85 valence electrons. The Morgan fingerprint density at radius 1 is 0.846 bits per heavy atom. The van der Waals surface area contributed by atoms with Gasteiger partial charge in [-0.2, -0.15) is 0 Å². The van der Waals surface area contributed by atoms with E-state index in [9.17, 15) is 0 Å². The van der Waals surface area contributed by atoms with Crippen molar-refractivity contribution in [3.05, 3.63) is 0 Å². The van der Waals surface area contributed by atoms with Gasteiger partial charge in [-0.25, -0.2) is 0 Å². The van der Waals surface area contributed by atoms with Crippen molar-refractivity contribution >= 4 is 34.8 Å². The molecule has 0 unspecified atom stereocenters. The zero-order chi connectivity index (χ0) is 11.2. The van der Waals surface area contributed by atoms with Crippen LogP contribution in [-0.4, -0.2) is 10.3 Å². The third-order valence-corrected chi connectivity index (χ3v) is 0. The summed E-state index contributed by atoms with van der Waals surface area (Å²) in [6.45, 7) is 8.00. The van der Waals surface area contributed by atoms with E-state index in [0.29, 0.717) is 0 Å². The van der Waals surface area contributed by atoms with Gasteiger partial charge in [-0.3, -0.25) is 0 Å². The van der Waals surface area contributed by atoms with Gasteiger partial charge < -0.3 is 21.7 Å². The summed E-state index contributed by atoms with van der Waals surface area (Å²) in [5.74, 6) is 0. The Labute approximate surface area is 101 Å². The summed E-state index contributed by atoms with van der Waals surface area (Å²) >= 11 is 7.52. The molecule has 0 amide bonds. The van der Waals surface area contributed by atoms with Crippen LogP contribution >= 0.6 is 24.4 Å². The van der Waals surface area contributed by atoms with Crippen LogP contribution in [0.1, 0.15) is 27.7 Å². The number of thiocarbonyl (C=S) groups is 2. The molecule has 0 fully saturated rings. The monoisotopic (exact) mass is 275 g/mol. The van der Waals surface area contributed by atoms with E-state index in [2.05, 4.69) is 35.9 Å². The van der Waals surface area contributed by atoms with Gasteiger partial charge in [0.05, 0.1) is 0 Å². The maximum Gasteiger partial charge on any atom is 2.00 e. The third kappa shape index (κ3) is 115000. The molecular weight excluding hydrogens is 260 g/mol. The van der Waals surface area contributed by atoms with E-state index in [1.165, 1.54) is 0 Å². The van der Waals surface area contributed by atoms with Gasteiger partial charge >= 0.3 is 17.1 Å². The zero-order valence-electron chi connectivity index (χ0n) is 8.09. The molecule has 0 aromatic rings. The van der Waals surface area contributed by atoms with Crippen molar-refractivity contribution in [1.29, 1.82) is 0 Å². The Bertz CT molecular complexity index is 84.6. The summed E-state index contributed by atoms with van der Waals surface area (Å²) in [6, 6.07) is 0. The number of hydrogen-bond donors (Lipinski definition) is 2. The van der Waals surface area contributed by atoms with Crippen molar-refractivity contribution in [2.75, 3.05) is 0 Å². The van der Waals surface area contributed by atoms with E-state index >= 15 is 0 Å². The average molecular weight is 276 g/mol. The minimum Gasteiger partial charge on any atom is -0.852 e. The fourth-order valence-corrected chi connectivity index (χ4v) is 0. The molecule has 0 spiro atoms. The maximum absolute atomic E-state index is 9.04. The topological polar surface area (TPSA) is 98.2 Å². The van der Waals surface area contributed by atoms with Crippen molar-refractivity contribution in [1.82, 2.24) is 0 Å². The molecule has 0 aliphatic heterocycles. The van der Waals surface area contributed by atoms with E-state index in [4.69, 9.17) is 10.2 Å². The van der Waals surface area contributed by atoms with Crippen LogP contribution in [0.25, 0.3) is 0 Å². The zero-order valence-corrected chi connectivity index (χ0v) is 10.7. The second-order valence-electron chi connectivity index (χ2n) is 0.638. The number of hydrogen-bond acceptors (Lipinski definition) is 4. The van der Waals surface area contributed by atoms with E-state index in [1.807, 2.05) is 27.7 Å². The molecule has 0 aromatic carbocycles. The van der Waals surface area contributed by atoms with Gasteiger partial charge in [0.1, 0.15) is 0 Å². The van der Waals surface area contributed by atoms with Crippen LogP contribution in [0.5, 0.6) is 0 Å². The van der Waals surface area contributed by atoms with E-state index in [0.717, 1.165) is 0 Å². The first-order valence-electron chi connectivity index (χ1n) is 3.39. The minimum atomic E-state index is -0.750. The molecule has 1 radical (unpaired) electrons. The van der Waals surface area contributed by atoms with Crippen molar-refractivity contribution < 1.29 is 27.3 Å². The first-order valence-corrected chi connectivity index (χ1v) is 4.21. The van der Waals surface area contributed by atoms with Gasteiger partial charge in [-0.1, -0.05) is 52.1 Å². The molecule has 4 N–H and O–H groups in total. The standard InChI is InChI=1S/2C2H6.2CH3NOS.Cu/c2*1-2;2*2-1(3)4;/h2*1-2H3;2*(H3,2,3,4);/q;;;;+2/p-2. The van der Waals surface area contributed by atoms with Crippen LogP contribution in [0.4, 0.5) is 0 Å². The molecular formula is C6H16CuN2O2S2. The summed E-state index contributed by atoms with van der Waals surface area (Å²) in [7, 11) is 0. The van der Waals surface area contributed by atoms with E-state index in [1.54, 1.807) is 0 Å². The summed E-state index contributed by atoms with van der Waals surface area (Å²) in [4.78, 5) is 0. The fourth-order valence-electron chi connectivity index (χ4n) is 0. The Kier molecular flexibility index (Phi) is 91.5. The maximum atomic E-state index is 9.04. The summed E-state index contributed by atoms with van der Waals surface area (Å²) in [5, 5.41) is 16.6. The van der Waals surface area contributed by atoms with Crippen molar-refractivity contribution in [2.24, 2.45) is 11.5 Å². The van der Waals surface area contributed by atoms with Gasteiger partial charge in [0.2, 0.25) is 0 Å². The molecule has 0 aliphatic carbocycles. The average Bonchev–Trinajstić information content (AvgIpc) is 1.93. The molecule has 0 saturated heterocycles. The SMILES string of the molecule is CC.CC.NC([O-])=S.NC([O-])=S.[Cu+2]. The predicted octanol–water partition coefficient (Wildman–Crippen LogP) is -0.769. The molecule has 0 atom stereocenters. The molecule has 0 aromatic heterocycles. The van der Waals surface area contributed by atoms with Gasteiger partial charge in [0.25, 0.3) is 0 Å². The van der Waals surface area contributed by atoms with Crippen LogP contribution in [0.15, 0.2) is 0 Å². The van der Waals surface area contributed by atoms with Crippen molar-refractivity contribution in [3.8, 4) is 0 Å². The molecule has 0 heterocycles. The first-order chi connectivity index (χ1) is 5.46. The van der Waals surface area contributed by atoms with Crippen LogP contribution in [-0.2, 0) is 17.1 Å². The second-order valence-corrected chi connectivity index (χ2v) is 1.44. The Morgan fingerprint density at radius 2 is 0.846 bits per heavy atom. The molecule has 0 bridgehead atoms. The van der Waals surface area contributed by atoms with Crippen molar-refractivity contribution in [3.63, 3.8) is 0 Å². The van der Waals surface area contributed by atoms with Crippen molar-refractivity contribution in [2.45, 2.75) is 27.7 Å². The first kappa shape index (κ1) is 29.3. The van der Waals surface area contributed by atoms with Gasteiger partial charge in [0.15, 0.2) is 0 Å². The molecule has 13 heavy (non-hydrogen) atoms. The Morgan fingerprint density at radius 3 is 0.846 bits per heavy atom. The summed E-state index contributed by atoms with van der Waals surface area (Å²) in [6.07, 6.45) is 0. The predicted molar refractivity (Wildman–Crippen MR) is 56.3 cm³/mol. The molecule has 0 rings (SSSR count). The van der Waals surface area contributed by atoms with Gasteiger partial charge in [-0.05, 0) is 0 Å². The van der Waals surface area contributed by atoms with Crippen LogP contribution in [0.2, 0.25) is 0 Å². The van der Waals surface area contributed by atoms with Gasteiger partial charge in [0, 0.05) is 10.3 Å². The third-order valence-electron chi connectivity index (χ3n) is 0. The normalized spacial score (nSPS) is 4.62. The minimum absolute atomic E-state index is 0. The largest absolute Gasteiger partial charge is 2.00 e. The quantitative estimate of drug-likeness (QED) is 0.445. The van der Waals surface area contributed by atoms with E-state index in [-0.39, 0.29) is 17.1 Å². The molecule has 7 heteroatoms. The Balaban J connectivity index is -0.0000000226. The summed E-state index contributed by atoms with van der Waals surface area (Å²) < 4.78 is 0. The van der Waals surface area contributed by atoms with E-state index < -0.39 is 10.3 Å². The molecule has 0 aliphatic rings. The van der Waals surface area contributed by atoms with Gasteiger partial charge in [-0.15, -0.1) is 0 Å². The fraction of sp³-hybridized carbons (Fsp3) is 0.667. The number of rotatable bonds is 0. The van der Waals surface area contributed by atoms with Crippen LogP contribution in [0, 0.1) is 0 Å². The summed E-state index contributed by atoms with van der Waals surface area (Å²) in [5.41, 5.74) is 8.57. The molecule has 4 nitrogen and oxygen atoms in total. The molecule has 0 saturated carbocycles. The van der Waals surface area contributed by atoms with Crippen LogP contribution in [0.3, 0.4) is 0 Å². The van der Waals surface area contributed by atoms with Crippen LogP contribution < -0.4 is 21.7 Å². The Hall–Kier alpha value is -0.101.